The Morgan fingerprint density at radius 2 is 0.707 bits per heavy atom. The molecule has 0 unspecified atom stereocenters. The van der Waals surface area contributed by atoms with E-state index in [0.29, 0.717) is 13.0 Å². The summed E-state index contributed by atoms with van der Waals surface area (Å²) < 4.78 is 5.43. The smallest absolute Gasteiger partial charge is 0.305 e. The van der Waals surface area contributed by atoms with Gasteiger partial charge in [-0.1, -0.05) is 213 Å². The average molecular weight is 579 g/mol. The summed E-state index contributed by atoms with van der Waals surface area (Å²) in [4.78, 5) is 11.9. The molecular formula is C39H78O2. The molecule has 0 radical (unpaired) electrons. The molecule has 0 aromatic carbocycles. The fourth-order valence-electron chi connectivity index (χ4n) is 6.03. The molecule has 0 heterocycles. The molecule has 0 spiro atoms. The fraction of sp³-hybridized carbons (Fsp3) is 0.974. The molecule has 0 N–H and O–H groups in total. The van der Waals surface area contributed by atoms with E-state index in [9.17, 15) is 4.79 Å². The summed E-state index contributed by atoms with van der Waals surface area (Å²) in [6.07, 6.45) is 44.7. The quantitative estimate of drug-likeness (QED) is 0.0552. The molecule has 2 nitrogen and oxygen atoms in total. The van der Waals surface area contributed by atoms with Crippen molar-refractivity contribution in [2.24, 2.45) is 5.92 Å². The van der Waals surface area contributed by atoms with E-state index in [-0.39, 0.29) is 5.97 Å². The maximum absolute atomic E-state index is 11.9. The summed E-state index contributed by atoms with van der Waals surface area (Å²) in [5.41, 5.74) is 0. The van der Waals surface area contributed by atoms with E-state index in [0.717, 1.165) is 18.8 Å². The highest BCUT2D eigenvalue weighted by molar-refractivity contribution is 5.69. The minimum atomic E-state index is 0.0248. The second-order valence-corrected chi connectivity index (χ2v) is 13.8. The zero-order chi connectivity index (χ0) is 29.9. The van der Waals surface area contributed by atoms with Crippen molar-refractivity contribution in [2.45, 2.75) is 233 Å². The largest absolute Gasteiger partial charge is 0.466 e. The van der Waals surface area contributed by atoms with Crippen molar-refractivity contribution < 1.29 is 9.53 Å². The van der Waals surface area contributed by atoms with Gasteiger partial charge in [-0.05, 0) is 18.8 Å². The van der Waals surface area contributed by atoms with Crippen molar-refractivity contribution in [1.82, 2.24) is 0 Å². The first-order valence-electron chi connectivity index (χ1n) is 19.3. The van der Waals surface area contributed by atoms with E-state index in [2.05, 4.69) is 20.8 Å². The van der Waals surface area contributed by atoms with Crippen molar-refractivity contribution in [3.63, 3.8) is 0 Å². The Kier molecular flexibility index (Phi) is 35.2. The van der Waals surface area contributed by atoms with Crippen LogP contribution in [0, 0.1) is 5.92 Å². The molecule has 41 heavy (non-hydrogen) atoms. The number of hydrogen-bond donors (Lipinski definition) is 0. The lowest BCUT2D eigenvalue weighted by molar-refractivity contribution is -0.143. The van der Waals surface area contributed by atoms with Gasteiger partial charge in [-0.3, -0.25) is 4.79 Å². The van der Waals surface area contributed by atoms with Crippen molar-refractivity contribution >= 4 is 5.97 Å². The number of carbonyl (C=O) groups is 1. The number of ether oxygens (including phenoxy) is 1. The van der Waals surface area contributed by atoms with Gasteiger partial charge in [0.25, 0.3) is 0 Å². The lowest BCUT2D eigenvalue weighted by Gasteiger charge is -2.06. The van der Waals surface area contributed by atoms with Crippen LogP contribution in [-0.4, -0.2) is 12.6 Å². The summed E-state index contributed by atoms with van der Waals surface area (Å²) in [6, 6.07) is 0. The van der Waals surface area contributed by atoms with Gasteiger partial charge in [0.05, 0.1) is 6.61 Å². The molecule has 0 saturated heterocycles. The molecule has 0 bridgehead atoms. The number of esters is 1. The Hall–Kier alpha value is -0.530. The highest BCUT2D eigenvalue weighted by Crippen LogP contribution is 2.16. The van der Waals surface area contributed by atoms with Gasteiger partial charge in [0, 0.05) is 6.42 Å². The van der Waals surface area contributed by atoms with Crippen LogP contribution in [0.15, 0.2) is 0 Å². The average Bonchev–Trinajstić information content (AvgIpc) is 2.96. The molecule has 246 valence electrons. The topological polar surface area (TPSA) is 26.3 Å². The minimum Gasteiger partial charge on any atom is -0.466 e. The predicted molar refractivity (Wildman–Crippen MR) is 184 cm³/mol. The Morgan fingerprint density at radius 3 is 1.05 bits per heavy atom. The zero-order valence-electron chi connectivity index (χ0n) is 28.9. The Bertz CT molecular complexity index is 486. The van der Waals surface area contributed by atoms with Crippen LogP contribution < -0.4 is 0 Å². The Balaban J connectivity index is 3.12. The van der Waals surface area contributed by atoms with Gasteiger partial charge >= 0.3 is 5.97 Å². The highest BCUT2D eigenvalue weighted by Gasteiger charge is 2.03. The highest BCUT2D eigenvalue weighted by atomic mass is 16.5. The molecule has 0 aliphatic heterocycles. The van der Waals surface area contributed by atoms with Crippen LogP contribution in [0.2, 0.25) is 0 Å². The molecular weight excluding hydrogens is 500 g/mol. The van der Waals surface area contributed by atoms with E-state index in [1.54, 1.807) is 0 Å². The van der Waals surface area contributed by atoms with Crippen LogP contribution in [0.5, 0.6) is 0 Å². The third-order valence-corrected chi connectivity index (χ3v) is 8.92. The molecule has 0 atom stereocenters. The van der Waals surface area contributed by atoms with Gasteiger partial charge in [-0.15, -0.1) is 0 Å². The molecule has 0 amide bonds. The van der Waals surface area contributed by atoms with Crippen LogP contribution in [0.4, 0.5) is 0 Å². The summed E-state index contributed by atoms with van der Waals surface area (Å²) >= 11 is 0. The minimum absolute atomic E-state index is 0.0248. The molecule has 0 rings (SSSR count). The lowest BCUT2D eigenvalue weighted by atomic mass is 10.0. The number of rotatable bonds is 35. The van der Waals surface area contributed by atoms with Crippen molar-refractivity contribution in [1.29, 1.82) is 0 Å². The first-order valence-corrected chi connectivity index (χ1v) is 19.3. The van der Waals surface area contributed by atoms with Crippen molar-refractivity contribution in [3.05, 3.63) is 0 Å². The first-order chi connectivity index (χ1) is 20.2. The van der Waals surface area contributed by atoms with E-state index in [4.69, 9.17) is 4.74 Å². The predicted octanol–water partition coefficient (Wildman–Crippen LogP) is 14.1. The third-order valence-electron chi connectivity index (χ3n) is 8.92. The molecule has 0 aliphatic rings. The normalized spacial score (nSPS) is 11.5. The summed E-state index contributed by atoms with van der Waals surface area (Å²) in [5.74, 6) is 0.911. The molecule has 0 aromatic heterocycles. The number of carbonyl (C=O) groups excluding carboxylic acids is 1. The van der Waals surface area contributed by atoms with Gasteiger partial charge in [0.2, 0.25) is 0 Å². The van der Waals surface area contributed by atoms with Crippen molar-refractivity contribution in [2.75, 3.05) is 6.61 Å². The SMILES string of the molecule is CCCCCCCCCCCC(=O)OCCCCCCCCCCCCCCCCCCCCCCCCC(C)C. The molecule has 0 aromatic rings. The standard InChI is InChI=1S/C39H78O2/c1-4-5-6-7-8-23-27-30-33-36-39(40)41-37-34-31-28-25-22-20-18-16-14-12-10-9-11-13-15-17-19-21-24-26-29-32-35-38(2)3/h38H,4-37H2,1-3H3. The maximum atomic E-state index is 11.9. The van der Waals surface area contributed by atoms with Crippen LogP contribution in [0.3, 0.4) is 0 Å². The number of hydrogen-bond acceptors (Lipinski definition) is 2. The van der Waals surface area contributed by atoms with E-state index in [1.165, 1.54) is 193 Å². The second kappa shape index (κ2) is 35.7. The zero-order valence-corrected chi connectivity index (χ0v) is 28.9. The maximum Gasteiger partial charge on any atom is 0.305 e. The molecule has 2 heteroatoms. The van der Waals surface area contributed by atoms with Crippen LogP contribution in [0.1, 0.15) is 233 Å². The van der Waals surface area contributed by atoms with Gasteiger partial charge in [0.15, 0.2) is 0 Å². The summed E-state index contributed by atoms with van der Waals surface area (Å²) in [6.45, 7) is 7.59. The molecule has 0 aliphatic carbocycles. The third kappa shape index (κ3) is 37.4. The monoisotopic (exact) mass is 579 g/mol. The fourth-order valence-corrected chi connectivity index (χ4v) is 6.03. The van der Waals surface area contributed by atoms with Gasteiger partial charge in [-0.2, -0.15) is 0 Å². The van der Waals surface area contributed by atoms with Crippen LogP contribution in [-0.2, 0) is 9.53 Å². The van der Waals surface area contributed by atoms with Gasteiger partial charge < -0.3 is 4.74 Å². The Morgan fingerprint density at radius 1 is 0.415 bits per heavy atom. The van der Waals surface area contributed by atoms with E-state index in [1.807, 2.05) is 0 Å². The summed E-state index contributed by atoms with van der Waals surface area (Å²) in [5, 5.41) is 0. The van der Waals surface area contributed by atoms with Crippen LogP contribution >= 0.6 is 0 Å². The van der Waals surface area contributed by atoms with E-state index < -0.39 is 0 Å². The van der Waals surface area contributed by atoms with E-state index >= 15 is 0 Å². The molecule has 0 fully saturated rings. The first kappa shape index (κ1) is 40.5. The van der Waals surface area contributed by atoms with Gasteiger partial charge in [-0.25, -0.2) is 0 Å². The van der Waals surface area contributed by atoms with Gasteiger partial charge in [0.1, 0.15) is 0 Å². The van der Waals surface area contributed by atoms with Crippen molar-refractivity contribution in [3.8, 4) is 0 Å². The Labute approximate surface area is 260 Å². The lowest BCUT2D eigenvalue weighted by Crippen LogP contribution is -2.05. The number of unbranched alkanes of at least 4 members (excludes halogenated alkanes) is 29. The summed E-state index contributed by atoms with van der Waals surface area (Å²) in [7, 11) is 0. The molecule has 0 saturated carbocycles. The van der Waals surface area contributed by atoms with Crippen LogP contribution in [0.25, 0.3) is 0 Å². The second-order valence-electron chi connectivity index (χ2n) is 13.8.